The molecule has 2 N–H and O–H groups in total. The minimum atomic E-state index is -0.431. The number of rotatable bonds is 5. The summed E-state index contributed by atoms with van der Waals surface area (Å²) in [5.41, 5.74) is 4.88. The number of carbonyl (C=O) groups excluding carboxylic acids is 1. The van der Waals surface area contributed by atoms with Crippen LogP contribution >= 0.6 is 0 Å². The smallest absolute Gasteiger partial charge is 0.241 e. The molecule has 0 aliphatic carbocycles. The average molecular weight is 177 g/mol. The topological polar surface area (TPSA) is 43.1 Å². The molecule has 0 atom stereocenters. The maximum Gasteiger partial charge on any atom is 0.241 e. The number of hydrogen-bond acceptors (Lipinski definition) is 1. The zero-order valence-electron chi connectivity index (χ0n) is 7.81. The van der Waals surface area contributed by atoms with E-state index in [9.17, 15) is 4.79 Å². The van der Waals surface area contributed by atoms with Gasteiger partial charge in [-0.2, -0.15) is 0 Å². The van der Waals surface area contributed by atoms with Crippen LogP contribution in [0.1, 0.15) is 13.3 Å². The second kappa shape index (κ2) is 8.53. The molecule has 2 heteroatoms. The minimum absolute atomic E-state index is 0.431. The molecule has 0 fully saturated rings. The van der Waals surface area contributed by atoms with Crippen LogP contribution < -0.4 is 5.73 Å². The molecule has 70 valence electrons. The third-order valence-electron chi connectivity index (χ3n) is 1.19. The van der Waals surface area contributed by atoms with E-state index in [0.717, 1.165) is 6.42 Å². The molecule has 0 aliphatic heterocycles. The summed E-state index contributed by atoms with van der Waals surface area (Å²) < 4.78 is 0. The molecule has 0 unspecified atom stereocenters. The van der Waals surface area contributed by atoms with Crippen LogP contribution in [0.15, 0.2) is 48.6 Å². The predicted molar refractivity (Wildman–Crippen MR) is 56.0 cm³/mol. The quantitative estimate of drug-likeness (QED) is 0.507. The highest BCUT2D eigenvalue weighted by atomic mass is 16.1. The lowest BCUT2D eigenvalue weighted by Gasteiger charge is -1.76. The Hall–Kier alpha value is -1.57. The summed E-state index contributed by atoms with van der Waals surface area (Å²) >= 11 is 0. The number of carbonyl (C=O) groups is 1. The van der Waals surface area contributed by atoms with Crippen molar-refractivity contribution in [3.63, 3.8) is 0 Å². The summed E-state index contributed by atoms with van der Waals surface area (Å²) in [4.78, 5) is 10.2. The van der Waals surface area contributed by atoms with Gasteiger partial charge in [-0.1, -0.05) is 49.5 Å². The Labute approximate surface area is 79.1 Å². The molecule has 0 aromatic rings. The molecule has 0 aliphatic rings. The van der Waals surface area contributed by atoms with Crippen molar-refractivity contribution in [3.05, 3.63) is 48.6 Å². The lowest BCUT2D eigenvalue weighted by molar-refractivity contribution is -0.113. The van der Waals surface area contributed by atoms with Crippen molar-refractivity contribution in [1.82, 2.24) is 0 Å². The first kappa shape index (κ1) is 11.4. The van der Waals surface area contributed by atoms with Crippen LogP contribution in [0, 0.1) is 0 Å². The van der Waals surface area contributed by atoms with E-state index in [1.165, 1.54) is 6.08 Å². The van der Waals surface area contributed by atoms with Crippen LogP contribution in [0.25, 0.3) is 0 Å². The minimum Gasteiger partial charge on any atom is -0.366 e. The fourth-order valence-corrected chi connectivity index (χ4v) is 0.622. The van der Waals surface area contributed by atoms with Crippen molar-refractivity contribution in [2.45, 2.75) is 13.3 Å². The molecule has 0 saturated heterocycles. The van der Waals surface area contributed by atoms with Crippen molar-refractivity contribution in [2.75, 3.05) is 0 Å². The molecule has 0 aromatic carbocycles. The van der Waals surface area contributed by atoms with Gasteiger partial charge in [0.1, 0.15) is 0 Å². The van der Waals surface area contributed by atoms with E-state index in [0.29, 0.717) is 0 Å². The maximum absolute atomic E-state index is 10.2. The largest absolute Gasteiger partial charge is 0.366 e. The van der Waals surface area contributed by atoms with Crippen LogP contribution in [0.2, 0.25) is 0 Å². The SMILES string of the molecule is CCC=CC=CC=CC=CC(N)=O. The van der Waals surface area contributed by atoms with Gasteiger partial charge in [0, 0.05) is 6.08 Å². The van der Waals surface area contributed by atoms with Crippen molar-refractivity contribution in [2.24, 2.45) is 5.73 Å². The maximum atomic E-state index is 10.2. The zero-order valence-corrected chi connectivity index (χ0v) is 7.81. The van der Waals surface area contributed by atoms with Crippen molar-refractivity contribution >= 4 is 5.91 Å². The Bertz CT molecular complexity index is 247. The molecular formula is C11H15NO. The van der Waals surface area contributed by atoms with Gasteiger partial charge < -0.3 is 5.73 Å². The normalized spacial score (nSPS) is 12.7. The predicted octanol–water partition coefficient (Wildman–Crippen LogP) is 2.11. The molecule has 0 aromatic heterocycles. The zero-order chi connectivity index (χ0) is 9.94. The molecule has 0 saturated carbocycles. The summed E-state index contributed by atoms with van der Waals surface area (Å²) in [5, 5.41) is 0. The van der Waals surface area contributed by atoms with Gasteiger partial charge in [-0.05, 0) is 6.42 Å². The van der Waals surface area contributed by atoms with Crippen LogP contribution in [-0.2, 0) is 4.79 Å². The van der Waals surface area contributed by atoms with E-state index in [1.807, 2.05) is 24.3 Å². The monoisotopic (exact) mass is 177 g/mol. The Morgan fingerprint density at radius 1 is 1.08 bits per heavy atom. The van der Waals surface area contributed by atoms with E-state index in [1.54, 1.807) is 12.2 Å². The molecule has 13 heavy (non-hydrogen) atoms. The summed E-state index contributed by atoms with van der Waals surface area (Å²) in [7, 11) is 0. The van der Waals surface area contributed by atoms with Gasteiger partial charge in [0.25, 0.3) is 0 Å². The molecule has 2 nitrogen and oxygen atoms in total. The molecular weight excluding hydrogens is 162 g/mol. The van der Waals surface area contributed by atoms with Gasteiger partial charge in [-0.3, -0.25) is 4.79 Å². The molecule has 0 bridgehead atoms. The first-order valence-electron chi connectivity index (χ1n) is 4.23. The molecule has 0 heterocycles. The fraction of sp³-hybridized carbons (Fsp3) is 0.182. The van der Waals surface area contributed by atoms with Gasteiger partial charge in [0.15, 0.2) is 0 Å². The number of primary amides is 1. The highest BCUT2D eigenvalue weighted by Gasteiger charge is 1.75. The lowest BCUT2D eigenvalue weighted by Crippen LogP contribution is -2.04. The van der Waals surface area contributed by atoms with Crippen molar-refractivity contribution in [3.8, 4) is 0 Å². The van der Waals surface area contributed by atoms with E-state index in [4.69, 9.17) is 5.73 Å². The highest BCUT2D eigenvalue weighted by molar-refractivity contribution is 5.85. The third kappa shape index (κ3) is 10.4. The fourth-order valence-electron chi connectivity index (χ4n) is 0.622. The van der Waals surface area contributed by atoms with Crippen LogP contribution in [0.4, 0.5) is 0 Å². The summed E-state index contributed by atoms with van der Waals surface area (Å²) in [6.45, 7) is 2.08. The first-order valence-corrected chi connectivity index (χ1v) is 4.23. The third-order valence-corrected chi connectivity index (χ3v) is 1.19. The van der Waals surface area contributed by atoms with Gasteiger partial charge >= 0.3 is 0 Å². The van der Waals surface area contributed by atoms with Gasteiger partial charge in [0.05, 0.1) is 0 Å². The van der Waals surface area contributed by atoms with Crippen LogP contribution in [0.3, 0.4) is 0 Å². The number of amides is 1. The lowest BCUT2D eigenvalue weighted by atomic mass is 10.3. The van der Waals surface area contributed by atoms with E-state index in [-0.39, 0.29) is 0 Å². The summed E-state index contributed by atoms with van der Waals surface area (Å²) in [5.74, 6) is -0.431. The Balaban J connectivity index is 3.69. The van der Waals surface area contributed by atoms with E-state index < -0.39 is 5.91 Å². The standard InChI is InChI=1S/C11H15NO/c1-2-3-4-5-6-7-8-9-10-11(12)13/h3-10H,2H2,1H3,(H2,12,13). The average Bonchev–Trinajstić information content (AvgIpc) is 2.09. The van der Waals surface area contributed by atoms with Gasteiger partial charge in [0.2, 0.25) is 5.91 Å². The highest BCUT2D eigenvalue weighted by Crippen LogP contribution is 1.84. The summed E-state index contributed by atoms with van der Waals surface area (Å²) in [6, 6.07) is 0. The Morgan fingerprint density at radius 2 is 1.62 bits per heavy atom. The summed E-state index contributed by atoms with van der Waals surface area (Å²) in [6.07, 6.45) is 15.4. The number of allylic oxidation sites excluding steroid dienone is 7. The number of hydrogen-bond donors (Lipinski definition) is 1. The second-order valence-corrected chi connectivity index (χ2v) is 2.37. The first-order chi connectivity index (χ1) is 6.27. The van der Waals surface area contributed by atoms with Crippen LogP contribution in [-0.4, -0.2) is 5.91 Å². The molecule has 0 spiro atoms. The Kier molecular flexibility index (Phi) is 7.50. The van der Waals surface area contributed by atoms with E-state index >= 15 is 0 Å². The van der Waals surface area contributed by atoms with Gasteiger partial charge in [-0.25, -0.2) is 0 Å². The molecule has 0 rings (SSSR count). The Morgan fingerprint density at radius 3 is 2.15 bits per heavy atom. The van der Waals surface area contributed by atoms with Crippen molar-refractivity contribution in [1.29, 1.82) is 0 Å². The van der Waals surface area contributed by atoms with E-state index in [2.05, 4.69) is 13.0 Å². The second-order valence-electron chi connectivity index (χ2n) is 2.37. The van der Waals surface area contributed by atoms with Crippen molar-refractivity contribution < 1.29 is 4.79 Å². The molecule has 1 amide bonds. The molecule has 0 radical (unpaired) electrons. The van der Waals surface area contributed by atoms with Gasteiger partial charge in [-0.15, -0.1) is 0 Å². The number of nitrogens with two attached hydrogens (primary N) is 1. The van der Waals surface area contributed by atoms with Crippen LogP contribution in [0.5, 0.6) is 0 Å².